The van der Waals surface area contributed by atoms with Crippen LogP contribution in [-0.4, -0.2) is 65.9 Å². The summed E-state index contributed by atoms with van der Waals surface area (Å²) in [4.78, 5) is 29.0. The number of nitrogens with zero attached hydrogens (tertiary/aromatic N) is 4. The van der Waals surface area contributed by atoms with Crippen molar-refractivity contribution in [1.82, 2.24) is 20.4 Å². The van der Waals surface area contributed by atoms with E-state index in [9.17, 15) is 9.59 Å². The molecule has 2 atom stereocenters. The molecule has 9 nitrogen and oxygen atoms in total. The van der Waals surface area contributed by atoms with Crippen molar-refractivity contribution in [2.45, 2.75) is 31.9 Å². The van der Waals surface area contributed by atoms with Gasteiger partial charge in [0.25, 0.3) is 0 Å². The SMILES string of the molecule is CC(NC(=O)N1CCN(c2ccccc2)CC1)C(=O)Nc1nnc(C2CCCO2)s1. The van der Waals surface area contributed by atoms with Gasteiger partial charge in [-0.05, 0) is 31.9 Å². The standard InChI is InChI=1S/C20H26N6O3S/c1-14(17(27)22-19-24-23-18(30-19)16-8-5-13-29-16)21-20(28)26-11-9-25(10-12-26)15-6-3-2-4-7-15/h2-4,6-7,14,16H,5,8-13H2,1H3,(H,21,28)(H,22,24,27). The number of para-hydroxylation sites is 1. The molecule has 2 unspecified atom stereocenters. The maximum Gasteiger partial charge on any atom is 0.318 e. The average Bonchev–Trinajstić information content (AvgIpc) is 3.46. The molecule has 30 heavy (non-hydrogen) atoms. The molecule has 2 saturated heterocycles. The predicted octanol–water partition coefficient (Wildman–Crippen LogP) is 2.25. The summed E-state index contributed by atoms with van der Waals surface area (Å²) < 4.78 is 5.59. The Morgan fingerprint density at radius 2 is 1.93 bits per heavy atom. The zero-order valence-electron chi connectivity index (χ0n) is 16.9. The highest BCUT2D eigenvalue weighted by atomic mass is 32.1. The molecule has 160 valence electrons. The lowest BCUT2D eigenvalue weighted by atomic mass is 10.2. The third-order valence-corrected chi connectivity index (χ3v) is 6.23. The van der Waals surface area contributed by atoms with Crippen LogP contribution in [0.25, 0.3) is 0 Å². The maximum atomic E-state index is 12.6. The molecule has 2 aromatic rings. The number of ether oxygens (including phenoxy) is 1. The third kappa shape index (κ3) is 4.88. The quantitative estimate of drug-likeness (QED) is 0.755. The molecular weight excluding hydrogens is 404 g/mol. The summed E-state index contributed by atoms with van der Waals surface area (Å²) in [6.45, 7) is 5.13. The molecular formula is C20H26N6O3S. The molecule has 0 aliphatic carbocycles. The van der Waals surface area contributed by atoms with Crippen LogP contribution < -0.4 is 15.5 Å². The summed E-state index contributed by atoms with van der Waals surface area (Å²) in [5.74, 6) is -0.318. The Bertz CT molecular complexity index is 862. The van der Waals surface area contributed by atoms with Gasteiger partial charge in [0.2, 0.25) is 11.0 Å². The van der Waals surface area contributed by atoms with E-state index >= 15 is 0 Å². The number of anilines is 2. The van der Waals surface area contributed by atoms with Crippen molar-refractivity contribution in [3.05, 3.63) is 35.3 Å². The van der Waals surface area contributed by atoms with E-state index in [0.29, 0.717) is 18.2 Å². The zero-order valence-corrected chi connectivity index (χ0v) is 17.7. The van der Waals surface area contributed by atoms with E-state index in [2.05, 4.69) is 37.9 Å². The first kappa shape index (κ1) is 20.5. The van der Waals surface area contributed by atoms with Crippen molar-refractivity contribution in [3.8, 4) is 0 Å². The van der Waals surface area contributed by atoms with Crippen LogP contribution in [0.1, 0.15) is 30.9 Å². The summed E-state index contributed by atoms with van der Waals surface area (Å²) in [7, 11) is 0. The molecule has 3 heterocycles. The topological polar surface area (TPSA) is 99.7 Å². The van der Waals surface area contributed by atoms with Crippen LogP contribution >= 0.6 is 11.3 Å². The van der Waals surface area contributed by atoms with Crippen LogP contribution in [0, 0.1) is 0 Å². The Kier molecular flexibility index (Phi) is 6.44. The number of aromatic nitrogens is 2. The number of hydrogen-bond donors (Lipinski definition) is 2. The highest BCUT2D eigenvalue weighted by Crippen LogP contribution is 2.31. The molecule has 2 aliphatic rings. The normalized spacial score (nSPS) is 20.1. The van der Waals surface area contributed by atoms with Gasteiger partial charge in [-0.1, -0.05) is 29.5 Å². The minimum Gasteiger partial charge on any atom is -0.371 e. The van der Waals surface area contributed by atoms with Crippen LogP contribution in [0.5, 0.6) is 0 Å². The Balaban J connectivity index is 1.24. The molecule has 0 spiro atoms. The van der Waals surface area contributed by atoms with Gasteiger partial charge in [0.15, 0.2) is 0 Å². The van der Waals surface area contributed by atoms with E-state index < -0.39 is 6.04 Å². The van der Waals surface area contributed by atoms with Crippen LogP contribution in [0.15, 0.2) is 30.3 Å². The molecule has 10 heteroatoms. The van der Waals surface area contributed by atoms with Crippen molar-refractivity contribution in [2.75, 3.05) is 43.0 Å². The summed E-state index contributed by atoms with van der Waals surface area (Å²) >= 11 is 1.31. The van der Waals surface area contributed by atoms with Crippen molar-refractivity contribution in [2.24, 2.45) is 0 Å². The maximum absolute atomic E-state index is 12.6. The van der Waals surface area contributed by atoms with Gasteiger partial charge in [0.05, 0.1) is 0 Å². The van der Waals surface area contributed by atoms with E-state index in [1.54, 1.807) is 11.8 Å². The van der Waals surface area contributed by atoms with Gasteiger partial charge in [0, 0.05) is 38.5 Å². The summed E-state index contributed by atoms with van der Waals surface area (Å²) in [5.41, 5.74) is 1.16. The first-order chi connectivity index (χ1) is 14.6. The summed E-state index contributed by atoms with van der Waals surface area (Å²) in [5, 5.41) is 14.8. The van der Waals surface area contributed by atoms with Crippen molar-refractivity contribution >= 4 is 34.1 Å². The van der Waals surface area contributed by atoms with Gasteiger partial charge in [-0.25, -0.2) is 4.79 Å². The molecule has 0 saturated carbocycles. The van der Waals surface area contributed by atoms with Crippen LogP contribution in [0.3, 0.4) is 0 Å². The van der Waals surface area contributed by atoms with Gasteiger partial charge in [-0.2, -0.15) is 0 Å². The van der Waals surface area contributed by atoms with Gasteiger partial charge in [-0.3, -0.25) is 10.1 Å². The van der Waals surface area contributed by atoms with Gasteiger partial charge in [-0.15, -0.1) is 10.2 Å². The molecule has 3 amide bonds. The minimum atomic E-state index is -0.681. The monoisotopic (exact) mass is 430 g/mol. The molecule has 4 rings (SSSR count). The molecule has 0 bridgehead atoms. The van der Waals surface area contributed by atoms with Crippen molar-refractivity contribution in [3.63, 3.8) is 0 Å². The highest BCUT2D eigenvalue weighted by Gasteiger charge is 2.26. The minimum absolute atomic E-state index is 0.0279. The first-order valence-electron chi connectivity index (χ1n) is 10.2. The van der Waals surface area contributed by atoms with E-state index in [0.717, 1.165) is 43.2 Å². The fourth-order valence-corrected chi connectivity index (χ4v) is 4.38. The summed E-state index contributed by atoms with van der Waals surface area (Å²) in [6.07, 6.45) is 1.90. The number of piperazine rings is 1. The predicted molar refractivity (Wildman–Crippen MR) is 115 cm³/mol. The number of urea groups is 1. The van der Waals surface area contributed by atoms with Gasteiger partial charge < -0.3 is 19.9 Å². The molecule has 1 aromatic carbocycles. The lowest BCUT2D eigenvalue weighted by Gasteiger charge is -2.36. The zero-order chi connectivity index (χ0) is 20.9. The summed E-state index contributed by atoms with van der Waals surface area (Å²) in [6, 6.07) is 9.24. The van der Waals surface area contributed by atoms with Gasteiger partial charge in [0.1, 0.15) is 17.2 Å². The molecule has 2 aliphatic heterocycles. The molecule has 2 fully saturated rings. The number of rotatable bonds is 5. The second-order valence-corrected chi connectivity index (χ2v) is 8.43. The number of nitrogens with one attached hydrogen (secondary N) is 2. The number of hydrogen-bond acceptors (Lipinski definition) is 7. The highest BCUT2D eigenvalue weighted by molar-refractivity contribution is 7.15. The second kappa shape index (κ2) is 9.40. The fourth-order valence-electron chi connectivity index (χ4n) is 3.55. The Hall–Kier alpha value is -2.72. The molecule has 2 N–H and O–H groups in total. The van der Waals surface area contributed by atoms with Crippen LogP contribution in [0.4, 0.5) is 15.6 Å². The third-order valence-electron chi connectivity index (χ3n) is 5.30. The smallest absolute Gasteiger partial charge is 0.318 e. The van der Waals surface area contributed by atoms with Gasteiger partial charge >= 0.3 is 6.03 Å². The van der Waals surface area contributed by atoms with E-state index in [4.69, 9.17) is 4.74 Å². The van der Waals surface area contributed by atoms with Crippen LogP contribution in [-0.2, 0) is 9.53 Å². The van der Waals surface area contributed by atoms with E-state index in [-0.39, 0.29) is 18.0 Å². The van der Waals surface area contributed by atoms with Crippen molar-refractivity contribution in [1.29, 1.82) is 0 Å². The first-order valence-corrected chi connectivity index (χ1v) is 11.0. The van der Waals surface area contributed by atoms with Crippen molar-refractivity contribution < 1.29 is 14.3 Å². The number of amides is 3. The molecule has 1 aromatic heterocycles. The lowest BCUT2D eigenvalue weighted by Crippen LogP contribution is -2.54. The Morgan fingerprint density at radius 3 is 2.63 bits per heavy atom. The van der Waals surface area contributed by atoms with E-state index in [1.165, 1.54) is 11.3 Å². The van der Waals surface area contributed by atoms with Crippen LogP contribution in [0.2, 0.25) is 0 Å². The Morgan fingerprint density at radius 1 is 1.17 bits per heavy atom. The molecule has 0 radical (unpaired) electrons. The number of carbonyl (C=O) groups excluding carboxylic acids is 2. The number of carbonyl (C=O) groups is 2. The number of benzene rings is 1. The van der Waals surface area contributed by atoms with E-state index in [1.807, 2.05) is 18.2 Å². The Labute approximate surface area is 179 Å². The second-order valence-electron chi connectivity index (χ2n) is 7.42. The average molecular weight is 431 g/mol. The lowest BCUT2D eigenvalue weighted by molar-refractivity contribution is -0.117. The fraction of sp³-hybridized carbons (Fsp3) is 0.500. The largest absolute Gasteiger partial charge is 0.371 e.